The van der Waals surface area contributed by atoms with E-state index in [1.807, 2.05) is 11.8 Å². The van der Waals surface area contributed by atoms with Crippen LogP contribution >= 0.6 is 11.8 Å². The quantitative estimate of drug-likeness (QED) is 0.724. The van der Waals surface area contributed by atoms with E-state index in [0.717, 1.165) is 6.54 Å². The summed E-state index contributed by atoms with van der Waals surface area (Å²) in [5.74, 6) is 2.43. The largest absolute Gasteiger partial charge is 0.310 e. The predicted molar refractivity (Wildman–Crippen MR) is 75.2 cm³/mol. The third kappa shape index (κ3) is 4.58. The normalized spacial score (nSPS) is 12.7. The smallest absolute Gasteiger partial charge is 0.0411 e. The van der Waals surface area contributed by atoms with Crippen molar-refractivity contribution in [1.29, 1.82) is 0 Å². The number of benzene rings is 1. The molecule has 0 saturated heterocycles. The molecule has 0 bridgehead atoms. The first-order valence-electron chi connectivity index (χ1n) is 6.15. The Kier molecular flexibility index (Phi) is 6.58. The molecule has 90 valence electrons. The fourth-order valence-corrected chi connectivity index (χ4v) is 2.75. The van der Waals surface area contributed by atoms with Crippen LogP contribution in [-0.2, 0) is 0 Å². The highest BCUT2D eigenvalue weighted by Crippen LogP contribution is 2.19. The van der Waals surface area contributed by atoms with E-state index in [4.69, 9.17) is 0 Å². The minimum absolute atomic E-state index is 0.501. The van der Waals surface area contributed by atoms with Crippen molar-refractivity contribution in [2.75, 3.05) is 18.1 Å². The summed E-state index contributed by atoms with van der Waals surface area (Å²) in [5.41, 5.74) is 2.77. The summed E-state index contributed by atoms with van der Waals surface area (Å²) < 4.78 is 0. The van der Waals surface area contributed by atoms with Gasteiger partial charge in [0.05, 0.1) is 0 Å². The van der Waals surface area contributed by atoms with E-state index in [-0.39, 0.29) is 0 Å². The lowest BCUT2D eigenvalue weighted by Gasteiger charge is -2.18. The zero-order valence-corrected chi connectivity index (χ0v) is 11.4. The second kappa shape index (κ2) is 7.75. The maximum Gasteiger partial charge on any atom is 0.0411 e. The Hall–Kier alpha value is -0.470. The fourth-order valence-electron chi connectivity index (χ4n) is 1.75. The summed E-state index contributed by atoms with van der Waals surface area (Å²) in [5, 5.41) is 3.56. The van der Waals surface area contributed by atoms with Crippen molar-refractivity contribution in [3.8, 4) is 0 Å². The summed E-state index contributed by atoms with van der Waals surface area (Å²) in [6.07, 6.45) is 1.26. The molecule has 1 rings (SSSR count). The highest BCUT2D eigenvalue weighted by Gasteiger charge is 2.09. The fraction of sp³-hybridized carbons (Fsp3) is 0.571. The summed E-state index contributed by atoms with van der Waals surface area (Å²) in [6, 6.07) is 9.33. The highest BCUT2D eigenvalue weighted by molar-refractivity contribution is 7.99. The molecule has 1 aromatic rings. The van der Waals surface area contributed by atoms with Crippen LogP contribution in [0.3, 0.4) is 0 Å². The summed E-state index contributed by atoms with van der Waals surface area (Å²) in [4.78, 5) is 0. The molecule has 16 heavy (non-hydrogen) atoms. The van der Waals surface area contributed by atoms with Gasteiger partial charge in [-0.1, -0.05) is 43.7 Å². The van der Waals surface area contributed by atoms with Crippen molar-refractivity contribution in [3.63, 3.8) is 0 Å². The minimum Gasteiger partial charge on any atom is -0.310 e. The summed E-state index contributed by atoms with van der Waals surface area (Å²) >= 11 is 2.04. The van der Waals surface area contributed by atoms with E-state index >= 15 is 0 Å². The van der Waals surface area contributed by atoms with E-state index < -0.39 is 0 Å². The van der Waals surface area contributed by atoms with Gasteiger partial charge in [0.2, 0.25) is 0 Å². The van der Waals surface area contributed by atoms with E-state index in [9.17, 15) is 0 Å². The predicted octanol–water partition coefficient (Wildman–Crippen LogP) is 3.79. The first kappa shape index (κ1) is 13.6. The van der Waals surface area contributed by atoms with Crippen LogP contribution in [0.25, 0.3) is 0 Å². The van der Waals surface area contributed by atoms with E-state index in [0.29, 0.717) is 6.04 Å². The Morgan fingerprint density at radius 3 is 2.75 bits per heavy atom. The van der Waals surface area contributed by atoms with Crippen molar-refractivity contribution < 1.29 is 0 Å². The topological polar surface area (TPSA) is 12.0 Å². The molecule has 1 nitrogen and oxygen atoms in total. The third-order valence-electron chi connectivity index (χ3n) is 2.53. The maximum absolute atomic E-state index is 3.56. The van der Waals surface area contributed by atoms with E-state index in [1.54, 1.807) is 0 Å². The molecule has 0 aliphatic carbocycles. The van der Waals surface area contributed by atoms with Crippen molar-refractivity contribution in [3.05, 3.63) is 35.4 Å². The Morgan fingerprint density at radius 2 is 2.12 bits per heavy atom. The average Bonchev–Trinajstić information content (AvgIpc) is 2.28. The first-order valence-corrected chi connectivity index (χ1v) is 7.31. The number of hydrogen-bond donors (Lipinski definition) is 1. The molecule has 0 amide bonds. The van der Waals surface area contributed by atoms with E-state index in [1.165, 1.54) is 29.1 Å². The molecule has 2 heteroatoms. The molecule has 1 N–H and O–H groups in total. The van der Waals surface area contributed by atoms with Crippen LogP contribution < -0.4 is 5.32 Å². The molecule has 0 fully saturated rings. The number of nitrogens with one attached hydrogen (secondary N) is 1. The molecule has 0 spiro atoms. The molecule has 0 heterocycles. The standard InChI is InChI=1S/C14H23NS/c1-4-9-16-11-14(15-5-2)13-8-6-7-12(3)10-13/h6-8,10,14-15H,4-5,9,11H2,1-3H3. The second-order valence-electron chi connectivity index (χ2n) is 4.10. The Labute approximate surface area is 104 Å². The van der Waals surface area contributed by atoms with Gasteiger partial charge in [-0.15, -0.1) is 0 Å². The molecule has 0 saturated carbocycles. The third-order valence-corrected chi connectivity index (χ3v) is 3.79. The van der Waals surface area contributed by atoms with Crippen molar-refractivity contribution in [2.24, 2.45) is 0 Å². The molecule has 1 aromatic carbocycles. The lowest BCUT2D eigenvalue weighted by Crippen LogP contribution is -2.23. The van der Waals surface area contributed by atoms with Crippen LogP contribution in [0.4, 0.5) is 0 Å². The van der Waals surface area contributed by atoms with E-state index in [2.05, 4.69) is 50.4 Å². The van der Waals surface area contributed by atoms with Gasteiger partial charge >= 0.3 is 0 Å². The zero-order chi connectivity index (χ0) is 11.8. The average molecular weight is 237 g/mol. The number of thioether (sulfide) groups is 1. The molecule has 0 aliphatic heterocycles. The Balaban J connectivity index is 2.61. The van der Waals surface area contributed by atoms with Gasteiger partial charge in [0.25, 0.3) is 0 Å². The molecule has 0 radical (unpaired) electrons. The molecule has 1 unspecified atom stereocenters. The highest BCUT2D eigenvalue weighted by atomic mass is 32.2. The lowest BCUT2D eigenvalue weighted by molar-refractivity contribution is 0.605. The van der Waals surface area contributed by atoms with Crippen LogP contribution in [0.15, 0.2) is 24.3 Å². The summed E-state index contributed by atoms with van der Waals surface area (Å²) in [6.45, 7) is 7.60. The maximum atomic E-state index is 3.56. The number of rotatable bonds is 7. The molecule has 0 aliphatic rings. The zero-order valence-electron chi connectivity index (χ0n) is 10.6. The van der Waals surface area contributed by atoms with Crippen LogP contribution in [-0.4, -0.2) is 18.1 Å². The van der Waals surface area contributed by atoms with Crippen molar-refractivity contribution in [1.82, 2.24) is 5.32 Å². The molecular formula is C14H23NS. The number of hydrogen-bond acceptors (Lipinski definition) is 2. The van der Waals surface area contributed by atoms with Gasteiger partial charge in [-0.05, 0) is 31.2 Å². The van der Waals surface area contributed by atoms with Gasteiger partial charge in [0, 0.05) is 11.8 Å². The van der Waals surface area contributed by atoms with Gasteiger partial charge in [0.1, 0.15) is 0 Å². The van der Waals surface area contributed by atoms with Crippen LogP contribution in [0.1, 0.15) is 37.4 Å². The molecule has 0 aromatic heterocycles. The van der Waals surface area contributed by atoms with Crippen molar-refractivity contribution in [2.45, 2.75) is 33.2 Å². The van der Waals surface area contributed by atoms with Gasteiger partial charge in [0.15, 0.2) is 0 Å². The second-order valence-corrected chi connectivity index (χ2v) is 5.25. The SMILES string of the molecule is CCCSCC(NCC)c1cccc(C)c1. The van der Waals surface area contributed by atoms with Gasteiger partial charge in [-0.25, -0.2) is 0 Å². The van der Waals surface area contributed by atoms with Crippen molar-refractivity contribution >= 4 is 11.8 Å². The minimum atomic E-state index is 0.501. The Morgan fingerprint density at radius 1 is 1.31 bits per heavy atom. The van der Waals surface area contributed by atoms with Crippen LogP contribution in [0.5, 0.6) is 0 Å². The molecular weight excluding hydrogens is 214 g/mol. The van der Waals surface area contributed by atoms with Gasteiger partial charge < -0.3 is 5.32 Å². The van der Waals surface area contributed by atoms with Gasteiger partial charge in [-0.2, -0.15) is 11.8 Å². The summed E-state index contributed by atoms with van der Waals surface area (Å²) in [7, 11) is 0. The monoisotopic (exact) mass is 237 g/mol. The number of aryl methyl sites for hydroxylation is 1. The van der Waals surface area contributed by atoms with Crippen LogP contribution in [0, 0.1) is 6.92 Å². The first-order chi connectivity index (χ1) is 7.77. The Bertz CT molecular complexity index is 299. The molecule has 1 atom stereocenters. The van der Waals surface area contributed by atoms with Crippen LogP contribution in [0.2, 0.25) is 0 Å². The lowest BCUT2D eigenvalue weighted by atomic mass is 10.1. The van der Waals surface area contributed by atoms with Gasteiger partial charge in [-0.3, -0.25) is 0 Å².